The van der Waals surface area contributed by atoms with E-state index in [0.717, 1.165) is 22.3 Å². The highest BCUT2D eigenvalue weighted by molar-refractivity contribution is 7.15. The standard InChI is InChI=1S/C21H16ClN3O3S/c1-11-8-14(9-12(2)18(11)28-13(3)26)10-17-20(27)25-21(29-17)23-19(24-25)15-4-6-16(22)7-5-15/h4-10H,1-3H3/b17-10-. The normalized spacial score (nSPS) is 11.9. The Labute approximate surface area is 175 Å². The number of thiazole rings is 1. The molecule has 0 saturated heterocycles. The molecule has 0 aliphatic carbocycles. The number of esters is 1. The molecule has 29 heavy (non-hydrogen) atoms. The van der Waals surface area contributed by atoms with Crippen LogP contribution in [0.5, 0.6) is 5.75 Å². The maximum absolute atomic E-state index is 12.8. The zero-order chi connectivity index (χ0) is 20.7. The Kier molecular flexibility index (Phi) is 4.94. The number of hydrogen-bond acceptors (Lipinski definition) is 6. The molecule has 4 rings (SSSR count). The van der Waals surface area contributed by atoms with Crippen LogP contribution in [0.3, 0.4) is 0 Å². The zero-order valence-electron chi connectivity index (χ0n) is 15.9. The lowest BCUT2D eigenvalue weighted by atomic mass is 10.1. The lowest BCUT2D eigenvalue weighted by Gasteiger charge is -2.10. The van der Waals surface area contributed by atoms with Gasteiger partial charge in [-0.3, -0.25) is 9.59 Å². The average Bonchev–Trinajstić information content (AvgIpc) is 3.19. The van der Waals surface area contributed by atoms with Crippen LogP contribution >= 0.6 is 22.9 Å². The predicted octanol–water partition coefficient (Wildman–Crippen LogP) is 3.56. The number of hydrogen-bond donors (Lipinski definition) is 0. The van der Waals surface area contributed by atoms with Gasteiger partial charge in [0.25, 0.3) is 5.56 Å². The molecule has 2 heterocycles. The number of rotatable bonds is 3. The lowest BCUT2D eigenvalue weighted by molar-refractivity contribution is -0.131. The summed E-state index contributed by atoms with van der Waals surface area (Å²) in [6.07, 6.45) is 1.79. The van der Waals surface area contributed by atoms with Crippen LogP contribution in [-0.2, 0) is 4.79 Å². The van der Waals surface area contributed by atoms with Gasteiger partial charge in [-0.1, -0.05) is 22.9 Å². The molecule has 146 valence electrons. The molecule has 0 radical (unpaired) electrons. The van der Waals surface area contributed by atoms with E-state index in [1.54, 1.807) is 18.2 Å². The van der Waals surface area contributed by atoms with Crippen molar-refractivity contribution < 1.29 is 9.53 Å². The number of ether oxygens (including phenoxy) is 1. The van der Waals surface area contributed by atoms with E-state index in [1.165, 1.54) is 22.8 Å². The van der Waals surface area contributed by atoms with Crippen LogP contribution in [0.1, 0.15) is 23.6 Å². The van der Waals surface area contributed by atoms with Gasteiger partial charge in [-0.2, -0.15) is 9.50 Å². The monoisotopic (exact) mass is 425 g/mol. The van der Waals surface area contributed by atoms with Gasteiger partial charge in [0.15, 0.2) is 5.82 Å². The number of nitrogens with zero attached hydrogens (tertiary/aromatic N) is 3. The fourth-order valence-corrected chi connectivity index (χ4v) is 4.11. The summed E-state index contributed by atoms with van der Waals surface area (Å²) in [6.45, 7) is 5.10. The second kappa shape index (κ2) is 7.42. The summed E-state index contributed by atoms with van der Waals surface area (Å²) in [5.74, 6) is 0.665. The molecule has 0 N–H and O–H groups in total. The van der Waals surface area contributed by atoms with Gasteiger partial charge >= 0.3 is 5.97 Å². The maximum atomic E-state index is 12.8. The number of carbonyl (C=O) groups excluding carboxylic acids is 1. The highest BCUT2D eigenvalue weighted by Gasteiger charge is 2.13. The molecule has 0 bridgehead atoms. The first kappa shape index (κ1) is 19.3. The van der Waals surface area contributed by atoms with Crippen molar-refractivity contribution in [1.29, 1.82) is 0 Å². The summed E-state index contributed by atoms with van der Waals surface area (Å²) in [5, 5.41) is 4.97. The molecule has 0 amide bonds. The Bertz CT molecular complexity index is 1330. The van der Waals surface area contributed by atoms with Gasteiger partial charge in [0.2, 0.25) is 4.96 Å². The molecule has 0 fully saturated rings. The van der Waals surface area contributed by atoms with Gasteiger partial charge in [-0.25, -0.2) is 0 Å². The van der Waals surface area contributed by atoms with Crippen molar-refractivity contribution >= 4 is 39.9 Å². The number of halogens is 1. The van der Waals surface area contributed by atoms with E-state index in [0.29, 0.717) is 26.1 Å². The molecule has 0 spiro atoms. The third kappa shape index (κ3) is 3.79. The smallest absolute Gasteiger partial charge is 0.308 e. The third-order valence-electron chi connectivity index (χ3n) is 4.31. The molecule has 6 nitrogen and oxygen atoms in total. The summed E-state index contributed by atoms with van der Waals surface area (Å²) in [4.78, 5) is 29.0. The van der Waals surface area contributed by atoms with E-state index in [4.69, 9.17) is 16.3 Å². The molecule has 4 aromatic rings. The average molecular weight is 426 g/mol. The van der Waals surface area contributed by atoms with Gasteiger partial charge in [0, 0.05) is 17.5 Å². The molecule has 0 aliphatic heterocycles. The number of aryl methyl sites for hydroxylation is 2. The van der Waals surface area contributed by atoms with Gasteiger partial charge in [-0.15, -0.1) is 5.10 Å². The Morgan fingerprint density at radius 3 is 2.41 bits per heavy atom. The summed E-state index contributed by atoms with van der Waals surface area (Å²) in [7, 11) is 0. The summed E-state index contributed by atoms with van der Waals surface area (Å²) in [5.41, 5.74) is 3.06. The number of fused-ring (bicyclic) bond motifs is 1. The summed E-state index contributed by atoms with van der Waals surface area (Å²) in [6, 6.07) is 10.9. The quantitative estimate of drug-likeness (QED) is 0.370. The van der Waals surface area contributed by atoms with Gasteiger partial charge in [-0.05, 0) is 73.0 Å². The largest absolute Gasteiger partial charge is 0.426 e. The number of aromatic nitrogens is 3. The van der Waals surface area contributed by atoms with Crippen molar-refractivity contribution in [3.63, 3.8) is 0 Å². The first-order chi connectivity index (χ1) is 13.8. The van der Waals surface area contributed by atoms with Crippen molar-refractivity contribution in [2.75, 3.05) is 0 Å². The second-order valence-corrected chi connectivity index (χ2v) is 8.08. The molecule has 8 heteroatoms. The van der Waals surface area contributed by atoms with Crippen molar-refractivity contribution in [3.05, 3.63) is 73.0 Å². The van der Waals surface area contributed by atoms with Crippen LogP contribution in [0.25, 0.3) is 22.4 Å². The lowest BCUT2D eigenvalue weighted by Crippen LogP contribution is -2.23. The highest BCUT2D eigenvalue weighted by atomic mass is 35.5. The van der Waals surface area contributed by atoms with E-state index in [2.05, 4.69) is 10.1 Å². The Balaban J connectivity index is 1.75. The van der Waals surface area contributed by atoms with Crippen molar-refractivity contribution in [2.24, 2.45) is 0 Å². The van der Waals surface area contributed by atoms with Crippen LogP contribution in [0.15, 0.2) is 41.2 Å². The van der Waals surface area contributed by atoms with E-state index in [1.807, 2.05) is 38.1 Å². The van der Waals surface area contributed by atoms with E-state index in [9.17, 15) is 9.59 Å². The third-order valence-corrected chi connectivity index (χ3v) is 5.52. The Morgan fingerprint density at radius 1 is 1.17 bits per heavy atom. The minimum Gasteiger partial charge on any atom is -0.426 e. The van der Waals surface area contributed by atoms with E-state index >= 15 is 0 Å². The molecular formula is C21H16ClN3O3S. The first-order valence-electron chi connectivity index (χ1n) is 8.79. The predicted molar refractivity (Wildman–Crippen MR) is 114 cm³/mol. The van der Waals surface area contributed by atoms with Crippen molar-refractivity contribution in [3.8, 4) is 17.1 Å². The van der Waals surface area contributed by atoms with Crippen molar-refractivity contribution in [1.82, 2.24) is 14.6 Å². The molecule has 0 aliphatic rings. The van der Waals surface area contributed by atoms with Gasteiger partial charge in [0.05, 0.1) is 4.53 Å². The Hall–Kier alpha value is -3.03. The van der Waals surface area contributed by atoms with Crippen LogP contribution < -0.4 is 14.8 Å². The van der Waals surface area contributed by atoms with Crippen LogP contribution in [0.4, 0.5) is 0 Å². The van der Waals surface area contributed by atoms with Gasteiger partial charge < -0.3 is 4.74 Å². The molecule has 2 aromatic heterocycles. The summed E-state index contributed by atoms with van der Waals surface area (Å²) >= 11 is 7.19. The van der Waals surface area contributed by atoms with Crippen LogP contribution in [0.2, 0.25) is 5.02 Å². The minimum atomic E-state index is -0.364. The van der Waals surface area contributed by atoms with E-state index in [-0.39, 0.29) is 11.5 Å². The Morgan fingerprint density at radius 2 is 1.83 bits per heavy atom. The first-order valence-corrected chi connectivity index (χ1v) is 9.98. The molecular weight excluding hydrogens is 410 g/mol. The molecule has 0 atom stereocenters. The maximum Gasteiger partial charge on any atom is 0.308 e. The molecule has 0 unspecified atom stereocenters. The fraction of sp³-hybridized carbons (Fsp3) is 0.143. The van der Waals surface area contributed by atoms with E-state index < -0.39 is 0 Å². The van der Waals surface area contributed by atoms with Gasteiger partial charge in [0.1, 0.15) is 5.75 Å². The fourth-order valence-electron chi connectivity index (χ4n) is 3.08. The van der Waals surface area contributed by atoms with Crippen molar-refractivity contribution in [2.45, 2.75) is 20.8 Å². The number of benzene rings is 2. The van der Waals surface area contributed by atoms with Crippen LogP contribution in [0, 0.1) is 13.8 Å². The minimum absolute atomic E-state index is 0.225. The number of carbonyl (C=O) groups is 1. The topological polar surface area (TPSA) is 73.6 Å². The highest BCUT2D eigenvalue weighted by Crippen LogP contribution is 2.25. The SMILES string of the molecule is CC(=O)Oc1c(C)cc(/C=c2\sc3nc(-c4ccc(Cl)cc4)nn3c2=O)cc1C. The zero-order valence-corrected chi connectivity index (χ0v) is 17.5. The second-order valence-electron chi connectivity index (χ2n) is 6.63. The molecule has 2 aromatic carbocycles. The summed E-state index contributed by atoms with van der Waals surface area (Å²) < 4.78 is 7.10. The van der Waals surface area contributed by atoms with Crippen LogP contribution in [-0.4, -0.2) is 20.6 Å². The molecule has 0 saturated carbocycles.